The van der Waals surface area contributed by atoms with Crippen molar-refractivity contribution < 1.29 is 9.47 Å². The van der Waals surface area contributed by atoms with Crippen LogP contribution in [0.2, 0.25) is 0 Å². The van der Waals surface area contributed by atoms with E-state index in [9.17, 15) is 0 Å². The van der Waals surface area contributed by atoms with E-state index in [4.69, 9.17) is 15.2 Å². The number of hydrogen-bond acceptors (Lipinski definition) is 4. The minimum absolute atomic E-state index is 0.621. The topological polar surface area (TPSA) is 62.3 Å². The molecule has 0 bridgehead atoms. The molecule has 2 aromatic rings. The first-order chi connectivity index (χ1) is 9.16. The van der Waals surface area contributed by atoms with Crippen LogP contribution in [-0.4, -0.2) is 23.0 Å². The molecule has 0 amide bonds. The molecule has 2 N–H and O–H groups in total. The Balaban J connectivity index is 2.12. The Labute approximate surface area is 119 Å². The lowest BCUT2D eigenvalue weighted by Crippen LogP contribution is -1.98. The van der Waals surface area contributed by atoms with E-state index in [0.29, 0.717) is 19.0 Å². The van der Waals surface area contributed by atoms with Gasteiger partial charge >= 0.3 is 0 Å². The zero-order valence-electron chi connectivity index (χ0n) is 10.5. The predicted molar refractivity (Wildman–Crippen MR) is 76.4 cm³/mol. The summed E-state index contributed by atoms with van der Waals surface area (Å²) in [6.07, 6.45) is 2.63. The van der Waals surface area contributed by atoms with Crippen molar-refractivity contribution in [3.05, 3.63) is 22.8 Å². The molecule has 0 aliphatic carbocycles. The van der Waals surface area contributed by atoms with Gasteiger partial charge in [-0.15, -0.1) is 0 Å². The van der Waals surface area contributed by atoms with Crippen LogP contribution in [0.25, 0.3) is 11.1 Å². The normalized spacial score (nSPS) is 14.2. The maximum atomic E-state index is 6.02. The highest BCUT2D eigenvalue weighted by atomic mass is 79.9. The Morgan fingerprint density at radius 1 is 1.21 bits per heavy atom. The van der Waals surface area contributed by atoms with E-state index >= 15 is 0 Å². The van der Waals surface area contributed by atoms with Gasteiger partial charge in [0.25, 0.3) is 0 Å². The van der Waals surface area contributed by atoms with Gasteiger partial charge in [0.15, 0.2) is 11.5 Å². The smallest absolute Gasteiger partial charge is 0.162 e. The number of benzene rings is 1. The van der Waals surface area contributed by atoms with Crippen molar-refractivity contribution in [3.63, 3.8) is 0 Å². The molecule has 0 unspecified atom stereocenters. The van der Waals surface area contributed by atoms with E-state index in [0.717, 1.165) is 33.5 Å². The molecule has 0 radical (unpaired) electrons. The second-order valence-corrected chi connectivity index (χ2v) is 5.25. The van der Waals surface area contributed by atoms with Crippen molar-refractivity contribution >= 4 is 21.7 Å². The van der Waals surface area contributed by atoms with Crippen molar-refractivity contribution in [2.24, 2.45) is 7.05 Å². The molecule has 1 aromatic carbocycles. The van der Waals surface area contributed by atoms with Gasteiger partial charge in [-0.25, -0.2) is 0 Å². The van der Waals surface area contributed by atoms with Gasteiger partial charge in [-0.2, -0.15) is 5.10 Å². The van der Waals surface area contributed by atoms with Crippen LogP contribution >= 0.6 is 15.9 Å². The number of rotatable bonds is 1. The fourth-order valence-electron chi connectivity index (χ4n) is 2.04. The highest BCUT2D eigenvalue weighted by Gasteiger charge is 2.17. The van der Waals surface area contributed by atoms with Gasteiger partial charge in [0, 0.05) is 29.1 Å². The molecule has 100 valence electrons. The van der Waals surface area contributed by atoms with Crippen LogP contribution in [0.15, 0.2) is 22.8 Å². The van der Waals surface area contributed by atoms with E-state index in [1.165, 1.54) is 0 Å². The zero-order chi connectivity index (χ0) is 13.4. The quantitative estimate of drug-likeness (QED) is 0.876. The van der Waals surface area contributed by atoms with Crippen molar-refractivity contribution in [1.29, 1.82) is 0 Å². The first-order valence-electron chi connectivity index (χ1n) is 6.04. The number of halogens is 1. The van der Waals surface area contributed by atoms with Gasteiger partial charge in [0.2, 0.25) is 0 Å². The summed E-state index contributed by atoms with van der Waals surface area (Å²) in [5, 5.41) is 4.16. The molecule has 2 heterocycles. The third-order valence-corrected chi connectivity index (χ3v) is 3.77. The Kier molecular flexibility index (Phi) is 3.10. The van der Waals surface area contributed by atoms with Crippen LogP contribution in [0.5, 0.6) is 11.5 Å². The molecule has 1 aliphatic heterocycles. The standard InChI is InChI=1S/C13H14BrN3O2/c1-17-13(15)9(7-16-17)8-5-11-12(6-10(8)14)19-4-2-3-18-11/h5-7H,2-4,15H2,1H3. The first kappa shape index (κ1) is 12.3. The summed E-state index contributed by atoms with van der Waals surface area (Å²) in [4.78, 5) is 0. The predicted octanol–water partition coefficient (Wildman–Crippen LogP) is 2.59. The summed E-state index contributed by atoms with van der Waals surface area (Å²) < 4.78 is 13.9. The Bertz CT molecular complexity index is 625. The first-order valence-corrected chi connectivity index (χ1v) is 6.83. The number of nitrogens with two attached hydrogens (primary N) is 1. The molecule has 1 aromatic heterocycles. The van der Waals surface area contributed by atoms with Crippen molar-refractivity contribution in [2.45, 2.75) is 6.42 Å². The van der Waals surface area contributed by atoms with Crippen LogP contribution in [0.4, 0.5) is 5.82 Å². The second-order valence-electron chi connectivity index (χ2n) is 4.40. The summed E-state index contributed by atoms with van der Waals surface area (Å²) in [6.45, 7) is 1.34. The fourth-order valence-corrected chi connectivity index (χ4v) is 2.58. The van der Waals surface area contributed by atoms with Crippen LogP contribution in [0.1, 0.15) is 6.42 Å². The van der Waals surface area contributed by atoms with Crippen molar-refractivity contribution in [3.8, 4) is 22.6 Å². The molecular formula is C13H14BrN3O2. The van der Waals surface area contributed by atoms with Gasteiger partial charge < -0.3 is 15.2 Å². The lowest BCUT2D eigenvalue weighted by molar-refractivity contribution is 0.297. The van der Waals surface area contributed by atoms with Gasteiger partial charge in [0.05, 0.1) is 19.4 Å². The molecule has 1 aliphatic rings. The minimum Gasteiger partial charge on any atom is -0.490 e. The van der Waals surface area contributed by atoms with Crippen molar-refractivity contribution in [2.75, 3.05) is 18.9 Å². The maximum Gasteiger partial charge on any atom is 0.162 e. The Hall–Kier alpha value is -1.69. The van der Waals surface area contributed by atoms with Gasteiger partial charge in [-0.05, 0) is 12.1 Å². The monoisotopic (exact) mass is 323 g/mol. The average molecular weight is 324 g/mol. The number of fused-ring (bicyclic) bond motifs is 1. The van der Waals surface area contributed by atoms with E-state index in [1.54, 1.807) is 10.9 Å². The lowest BCUT2D eigenvalue weighted by Gasteiger charge is -2.11. The SMILES string of the molecule is Cn1ncc(-c2cc3c(cc2Br)OCCCO3)c1N. The van der Waals surface area contributed by atoms with Crippen molar-refractivity contribution in [1.82, 2.24) is 9.78 Å². The summed E-state index contributed by atoms with van der Waals surface area (Å²) in [6, 6.07) is 3.86. The molecule has 0 saturated carbocycles. The number of hydrogen-bond donors (Lipinski definition) is 1. The molecule has 0 spiro atoms. The fraction of sp³-hybridized carbons (Fsp3) is 0.308. The molecule has 19 heavy (non-hydrogen) atoms. The highest BCUT2D eigenvalue weighted by molar-refractivity contribution is 9.10. The number of nitrogens with zero attached hydrogens (tertiary/aromatic N) is 2. The summed E-state index contributed by atoms with van der Waals surface area (Å²) >= 11 is 3.55. The third-order valence-electron chi connectivity index (χ3n) is 3.11. The van der Waals surface area contributed by atoms with Gasteiger partial charge in [0.1, 0.15) is 5.82 Å². The van der Waals surface area contributed by atoms with E-state index in [1.807, 2.05) is 19.2 Å². The van der Waals surface area contributed by atoms with Crippen LogP contribution < -0.4 is 15.2 Å². The third kappa shape index (κ3) is 2.16. The number of ether oxygens (including phenoxy) is 2. The minimum atomic E-state index is 0.621. The summed E-state index contributed by atoms with van der Waals surface area (Å²) in [5.74, 6) is 2.13. The van der Waals surface area contributed by atoms with Gasteiger partial charge in [-0.1, -0.05) is 15.9 Å². The van der Waals surface area contributed by atoms with Crippen LogP contribution in [0, 0.1) is 0 Å². The molecular weight excluding hydrogens is 310 g/mol. The molecule has 6 heteroatoms. The molecule has 0 saturated heterocycles. The molecule has 0 fully saturated rings. The molecule has 3 rings (SSSR count). The Morgan fingerprint density at radius 2 is 1.89 bits per heavy atom. The molecule has 0 atom stereocenters. The number of aryl methyl sites for hydroxylation is 1. The van der Waals surface area contributed by atoms with Crippen LogP contribution in [-0.2, 0) is 7.05 Å². The second kappa shape index (κ2) is 4.77. The summed E-state index contributed by atoms with van der Waals surface area (Å²) in [5.41, 5.74) is 7.85. The highest BCUT2D eigenvalue weighted by Crippen LogP contribution is 2.41. The van der Waals surface area contributed by atoms with E-state index in [-0.39, 0.29) is 0 Å². The number of nitrogen functional groups attached to an aromatic ring is 1. The van der Waals surface area contributed by atoms with E-state index in [2.05, 4.69) is 21.0 Å². The van der Waals surface area contributed by atoms with E-state index < -0.39 is 0 Å². The lowest BCUT2D eigenvalue weighted by atomic mass is 10.1. The van der Waals surface area contributed by atoms with Crippen LogP contribution in [0.3, 0.4) is 0 Å². The summed E-state index contributed by atoms with van der Waals surface area (Å²) in [7, 11) is 1.82. The largest absolute Gasteiger partial charge is 0.490 e. The average Bonchev–Trinajstić information content (AvgIpc) is 2.62. The zero-order valence-corrected chi connectivity index (χ0v) is 12.1. The Morgan fingerprint density at radius 3 is 2.53 bits per heavy atom. The number of aromatic nitrogens is 2. The maximum absolute atomic E-state index is 6.02. The number of anilines is 1. The molecule has 5 nitrogen and oxygen atoms in total. The van der Waals surface area contributed by atoms with Gasteiger partial charge in [-0.3, -0.25) is 4.68 Å².